The van der Waals surface area contributed by atoms with Gasteiger partial charge >= 0.3 is 0 Å². The van der Waals surface area contributed by atoms with Gasteiger partial charge in [-0.1, -0.05) is 35.7 Å². The van der Waals surface area contributed by atoms with Gasteiger partial charge in [-0.05, 0) is 49.6 Å². The van der Waals surface area contributed by atoms with Gasteiger partial charge in [-0.15, -0.1) is 0 Å². The predicted molar refractivity (Wildman–Crippen MR) is 78.7 cm³/mol. The van der Waals surface area contributed by atoms with E-state index in [1.165, 1.54) is 25.7 Å². The Kier molecular flexibility index (Phi) is 4.68. The summed E-state index contributed by atoms with van der Waals surface area (Å²) in [7, 11) is 2.20. The van der Waals surface area contributed by atoms with Gasteiger partial charge < -0.3 is 5.11 Å². The van der Waals surface area contributed by atoms with Crippen LogP contribution < -0.4 is 0 Å². The van der Waals surface area contributed by atoms with Crippen LogP contribution in [-0.4, -0.2) is 23.1 Å². The average Bonchev–Trinajstić information content (AvgIpc) is 2.34. The third kappa shape index (κ3) is 3.27. The summed E-state index contributed by atoms with van der Waals surface area (Å²) in [5, 5.41) is 9.57. The highest BCUT2D eigenvalue weighted by Gasteiger charge is 2.25. The van der Waals surface area contributed by atoms with Crippen molar-refractivity contribution in [3.05, 3.63) is 28.2 Å². The lowest BCUT2D eigenvalue weighted by Gasteiger charge is -2.36. The van der Waals surface area contributed by atoms with Gasteiger partial charge in [0.05, 0.1) is 0 Å². The van der Waals surface area contributed by atoms with Gasteiger partial charge in [-0.2, -0.15) is 0 Å². The third-order valence-corrected chi connectivity index (χ3v) is 4.86. The second-order valence-corrected chi connectivity index (χ2v) is 6.37. The normalized spacial score (nSPS) is 24.4. The van der Waals surface area contributed by atoms with E-state index in [9.17, 15) is 5.11 Å². The molecule has 1 N–H and O–H groups in total. The van der Waals surface area contributed by atoms with Gasteiger partial charge in [0.2, 0.25) is 0 Å². The van der Waals surface area contributed by atoms with Crippen LogP contribution in [0.3, 0.4) is 0 Å². The molecule has 0 aliphatic heterocycles. The van der Waals surface area contributed by atoms with Crippen LogP contribution in [0.25, 0.3) is 0 Å². The number of nitrogens with zero attached hydrogens (tertiary/aromatic N) is 1. The van der Waals surface area contributed by atoms with Gasteiger partial charge in [0, 0.05) is 17.1 Å². The Morgan fingerprint density at radius 3 is 2.78 bits per heavy atom. The number of phenols is 1. The summed E-state index contributed by atoms with van der Waals surface area (Å²) in [6, 6.07) is 6.17. The summed E-state index contributed by atoms with van der Waals surface area (Å²) in [4.78, 5) is 2.43. The fourth-order valence-corrected chi connectivity index (χ4v) is 3.39. The Morgan fingerprint density at radius 2 is 2.06 bits per heavy atom. The van der Waals surface area contributed by atoms with E-state index in [0.717, 1.165) is 22.5 Å². The maximum absolute atomic E-state index is 9.57. The molecule has 1 aliphatic carbocycles. The van der Waals surface area contributed by atoms with E-state index in [4.69, 9.17) is 0 Å². The second kappa shape index (κ2) is 6.07. The fourth-order valence-electron chi connectivity index (χ4n) is 3.02. The summed E-state index contributed by atoms with van der Waals surface area (Å²) in [6.45, 7) is 3.25. The van der Waals surface area contributed by atoms with E-state index in [0.29, 0.717) is 11.8 Å². The molecule has 0 aromatic heterocycles. The molecule has 1 fully saturated rings. The van der Waals surface area contributed by atoms with Crippen LogP contribution in [0, 0.1) is 5.92 Å². The highest BCUT2D eigenvalue weighted by molar-refractivity contribution is 9.10. The summed E-state index contributed by atoms with van der Waals surface area (Å²) in [6.07, 6.45) is 5.37. The molecule has 100 valence electrons. The lowest BCUT2D eigenvalue weighted by atomic mass is 9.85. The first-order chi connectivity index (χ1) is 8.58. The monoisotopic (exact) mass is 311 g/mol. The minimum Gasteiger partial charge on any atom is -0.508 e. The summed E-state index contributed by atoms with van der Waals surface area (Å²) >= 11 is 3.56. The van der Waals surface area contributed by atoms with Crippen LogP contribution in [0.2, 0.25) is 0 Å². The Morgan fingerprint density at radius 1 is 1.33 bits per heavy atom. The third-order valence-electron chi connectivity index (χ3n) is 4.08. The Bertz CT molecular complexity index is 407. The number of hydrogen-bond acceptors (Lipinski definition) is 2. The number of benzene rings is 1. The molecule has 2 nitrogen and oxygen atoms in total. The van der Waals surface area contributed by atoms with Crippen LogP contribution in [0.5, 0.6) is 5.75 Å². The minimum atomic E-state index is 0.346. The van der Waals surface area contributed by atoms with Crippen molar-refractivity contribution in [3.8, 4) is 5.75 Å². The van der Waals surface area contributed by atoms with E-state index in [1.807, 2.05) is 12.1 Å². The van der Waals surface area contributed by atoms with Gasteiger partial charge in [0.25, 0.3) is 0 Å². The summed E-state index contributed by atoms with van der Waals surface area (Å²) in [5.74, 6) is 1.12. The SMILES string of the molecule is CC1CCCCC1N(C)Cc1cc(O)ccc1Br. The van der Waals surface area contributed by atoms with Crippen molar-refractivity contribution in [2.45, 2.75) is 45.2 Å². The molecular weight excluding hydrogens is 290 g/mol. The predicted octanol–water partition coefficient (Wildman–Crippen LogP) is 4.17. The van der Waals surface area contributed by atoms with Crippen molar-refractivity contribution in [1.29, 1.82) is 0 Å². The Balaban J connectivity index is 2.05. The quantitative estimate of drug-likeness (QED) is 0.905. The van der Waals surface area contributed by atoms with Crippen LogP contribution in [0.15, 0.2) is 22.7 Å². The van der Waals surface area contributed by atoms with E-state index in [2.05, 4.69) is 34.8 Å². The van der Waals surface area contributed by atoms with Crippen molar-refractivity contribution >= 4 is 15.9 Å². The van der Waals surface area contributed by atoms with Crippen molar-refractivity contribution in [2.24, 2.45) is 5.92 Å². The molecule has 0 spiro atoms. The lowest BCUT2D eigenvalue weighted by molar-refractivity contribution is 0.133. The topological polar surface area (TPSA) is 23.5 Å². The molecule has 1 aromatic rings. The largest absolute Gasteiger partial charge is 0.508 e. The molecule has 0 saturated heterocycles. The Labute approximate surface area is 118 Å². The van der Waals surface area contributed by atoms with Crippen LogP contribution >= 0.6 is 15.9 Å². The summed E-state index contributed by atoms with van der Waals surface area (Å²) < 4.78 is 1.08. The Hall–Kier alpha value is -0.540. The maximum Gasteiger partial charge on any atom is 0.115 e. The number of hydrogen-bond donors (Lipinski definition) is 1. The van der Waals surface area contributed by atoms with Crippen molar-refractivity contribution < 1.29 is 5.11 Å². The van der Waals surface area contributed by atoms with Crippen LogP contribution in [0.1, 0.15) is 38.2 Å². The van der Waals surface area contributed by atoms with Crippen LogP contribution in [-0.2, 0) is 6.54 Å². The molecule has 18 heavy (non-hydrogen) atoms. The van der Waals surface area contributed by atoms with Crippen molar-refractivity contribution in [3.63, 3.8) is 0 Å². The van der Waals surface area contributed by atoms with Gasteiger partial charge in [-0.25, -0.2) is 0 Å². The highest BCUT2D eigenvalue weighted by atomic mass is 79.9. The number of halogens is 1. The summed E-state index contributed by atoms with van der Waals surface area (Å²) in [5.41, 5.74) is 1.16. The number of aromatic hydroxyl groups is 1. The highest BCUT2D eigenvalue weighted by Crippen LogP contribution is 2.30. The molecule has 0 radical (unpaired) electrons. The molecule has 0 amide bonds. The molecule has 1 saturated carbocycles. The molecular formula is C15H22BrNO. The molecule has 1 aliphatic rings. The maximum atomic E-state index is 9.57. The first-order valence-corrected chi connectivity index (χ1v) is 7.55. The van der Waals surface area contributed by atoms with Gasteiger partial charge in [0.15, 0.2) is 0 Å². The van der Waals surface area contributed by atoms with Crippen LogP contribution in [0.4, 0.5) is 0 Å². The zero-order chi connectivity index (χ0) is 13.1. The molecule has 2 rings (SSSR count). The molecule has 1 aromatic carbocycles. The standard InChI is InChI=1S/C15H22BrNO/c1-11-5-3-4-6-15(11)17(2)10-12-9-13(18)7-8-14(12)16/h7-9,11,15,18H,3-6,10H2,1-2H3. The van der Waals surface area contributed by atoms with Crippen molar-refractivity contribution in [2.75, 3.05) is 7.05 Å². The average molecular weight is 312 g/mol. The van der Waals surface area contributed by atoms with Crippen molar-refractivity contribution in [1.82, 2.24) is 4.90 Å². The second-order valence-electron chi connectivity index (χ2n) is 5.52. The van der Waals surface area contributed by atoms with Gasteiger partial charge in [0.1, 0.15) is 5.75 Å². The van der Waals surface area contributed by atoms with E-state index in [1.54, 1.807) is 6.07 Å². The molecule has 3 heteroatoms. The molecule has 0 bridgehead atoms. The molecule has 2 atom stereocenters. The smallest absolute Gasteiger partial charge is 0.115 e. The fraction of sp³-hybridized carbons (Fsp3) is 0.600. The first kappa shape index (κ1) is 13.9. The number of rotatable bonds is 3. The van der Waals surface area contributed by atoms with E-state index < -0.39 is 0 Å². The lowest BCUT2D eigenvalue weighted by Crippen LogP contribution is -2.38. The van der Waals surface area contributed by atoms with E-state index in [-0.39, 0.29) is 0 Å². The molecule has 0 heterocycles. The van der Waals surface area contributed by atoms with E-state index >= 15 is 0 Å². The zero-order valence-corrected chi connectivity index (χ0v) is 12.8. The van der Waals surface area contributed by atoms with Gasteiger partial charge in [-0.3, -0.25) is 4.90 Å². The first-order valence-electron chi connectivity index (χ1n) is 6.75. The number of phenolic OH excluding ortho intramolecular Hbond substituents is 1. The minimum absolute atomic E-state index is 0.346. The zero-order valence-electron chi connectivity index (χ0n) is 11.2. The molecule has 2 unspecified atom stereocenters.